The molecular weight excluding hydrogens is 314 g/mol. The Hall–Kier alpha value is -2.40. The van der Waals surface area contributed by atoms with Crippen molar-refractivity contribution in [1.29, 1.82) is 0 Å². The van der Waals surface area contributed by atoms with Crippen LogP contribution < -0.4 is 0 Å². The maximum Gasteiger partial charge on any atom is 0.340 e. The highest BCUT2D eigenvalue weighted by Gasteiger charge is 2.20. The van der Waals surface area contributed by atoms with Gasteiger partial charge in [-0.05, 0) is 12.5 Å². The van der Waals surface area contributed by atoms with Crippen LogP contribution in [0.3, 0.4) is 0 Å². The zero-order chi connectivity index (χ0) is 16.4. The van der Waals surface area contributed by atoms with Crippen LogP contribution in [-0.2, 0) is 10.6 Å². The van der Waals surface area contributed by atoms with Crippen LogP contribution >= 0.6 is 11.6 Å². The molecule has 2 heterocycles. The number of aromatic nitrogens is 3. The zero-order valence-corrected chi connectivity index (χ0v) is 13.6. The molecule has 0 aliphatic rings. The SMILES string of the molecule is COC(=O)c1cn(C(C)c2ccccc2)c2nc(CCl)ncc12. The molecule has 6 heteroatoms. The first-order valence-corrected chi connectivity index (χ1v) is 7.74. The largest absolute Gasteiger partial charge is 0.465 e. The van der Waals surface area contributed by atoms with E-state index in [1.165, 1.54) is 7.11 Å². The van der Waals surface area contributed by atoms with Gasteiger partial charge in [-0.15, -0.1) is 11.6 Å². The Morgan fingerprint density at radius 2 is 2.09 bits per heavy atom. The highest BCUT2D eigenvalue weighted by atomic mass is 35.5. The fourth-order valence-corrected chi connectivity index (χ4v) is 2.72. The van der Waals surface area contributed by atoms with Crippen molar-refractivity contribution in [2.75, 3.05) is 7.11 Å². The number of hydrogen-bond acceptors (Lipinski definition) is 4. The maximum absolute atomic E-state index is 12.0. The van der Waals surface area contributed by atoms with E-state index in [0.29, 0.717) is 22.4 Å². The molecule has 0 aliphatic carbocycles. The summed E-state index contributed by atoms with van der Waals surface area (Å²) in [5, 5.41) is 0.661. The van der Waals surface area contributed by atoms with Crippen LogP contribution in [0.2, 0.25) is 0 Å². The molecule has 2 aromatic heterocycles. The predicted molar refractivity (Wildman–Crippen MR) is 88.7 cm³/mol. The molecule has 0 radical (unpaired) electrons. The van der Waals surface area contributed by atoms with Crippen molar-refractivity contribution >= 4 is 28.6 Å². The van der Waals surface area contributed by atoms with Crippen molar-refractivity contribution in [2.24, 2.45) is 0 Å². The number of esters is 1. The van der Waals surface area contributed by atoms with Gasteiger partial charge in [0.2, 0.25) is 0 Å². The number of ether oxygens (including phenoxy) is 1. The van der Waals surface area contributed by atoms with Crippen LogP contribution in [0.25, 0.3) is 11.0 Å². The molecule has 3 rings (SSSR count). The summed E-state index contributed by atoms with van der Waals surface area (Å²) < 4.78 is 6.82. The van der Waals surface area contributed by atoms with Crippen molar-refractivity contribution in [2.45, 2.75) is 18.8 Å². The fraction of sp³-hybridized carbons (Fsp3) is 0.235. The minimum absolute atomic E-state index is 0.00943. The van der Waals surface area contributed by atoms with Gasteiger partial charge in [0.15, 0.2) is 0 Å². The molecule has 0 spiro atoms. The first kappa shape index (κ1) is 15.5. The monoisotopic (exact) mass is 329 g/mol. The van der Waals surface area contributed by atoms with Crippen molar-refractivity contribution in [3.63, 3.8) is 0 Å². The minimum Gasteiger partial charge on any atom is -0.465 e. The molecule has 0 saturated carbocycles. The highest BCUT2D eigenvalue weighted by Crippen LogP contribution is 2.27. The Labute approximate surface area is 138 Å². The van der Waals surface area contributed by atoms with E-state index in [1.54, 1.807) is 12.4 Å². The third-order valence-electron chi connectivity index (χ3n) is 3.85. The van der Waals surface area contributed by atoms with Crippen molar-refractivity contribution in [3.8, 4) is 0 Å². The standard InChI is InChI=1S/C17H16ClN3O2/c1-11(12-6-4-3-5-7-12)21-10-14(17(22)23-2)13-9-19-15(8-18)20-16(13)21/h3-7,9-11H,8H2,1-2H3. The van der Waals surface area contributed by atoms with Gasteiger partial charge >= 0.3 is 5.97 Å². The van der Waals surface area contributed by atoms with E-state index in [4.69, 9.17) is 16.3 Å². The molecule has 1 unspecified atom stereocenters. The van der Waals surface area contributed by atoms with Crippen molar-refractivity contribution < 1.29 is 9.53 Å². The van der Waals surface area contributed by atoms with E-state index in [2.05, 4.69) is 16.9 Å². The molecule has 0 amide bonds. The van der Waals surface area contributed by atoms with E-state index >= 15 is 0 Å². The number of hydrogen-bond donors (Lipinski definition) is 0. The molecule has 1 aromatic carbocycles. The third kappa shape index (κ3) is 2.80. The van der Waals surface area contributed by atoms with Gasteiger partial charge in [-0.2, -0.15) is 0 Å². The Balaban J connectivity index is 2.20. The van der Waals surface area contributed by atoms with Gasteiger partial charge in [-0.1, -0.05) is 30.3 Å². The normalized spacial score (nSPS) is 12.3. The van der Waals surface area contributed by atoms with Crippen LogP contribution in [-0.4, -0.2) is 27.6 Å². The van der Waals surface area contributed by atoms with Crippen LogP contribution in [0.4, 0.5) is 0 Å². The van der Waals surface area contributed by atoms with E-state index in [9.17, 15) is 4.79 Å². The molecule has 3 aromatic rings. The first-order valence-electron chi connectivity index (χ1n) is 7.21. The number of halogens is 1. The molecule has 0 aliphatic heterocycles. The Kier molecular flexibility index (Phi) is 4.30. The minimum atomic E-state index is -0.406. The second-order valence-electron chi connectivity index (χ2n) is 5.19. The zero-order valence-electron chi connectivity index (χ0n) is 12.9. The van der Waals surface area contributed by atoms with Gasteiger partial charge in [0.1, 0.15) is 11.5 Å². The number of nitrogens with zero attached hydrogens (tertiary/aromatic N) is 3. The third-order valence-corrected chi connectivity index (χ3v) is 4.08. The lowest BCUT2D eigenvalue weighted by Crippen LogP contribution is -2.07. The maximum atomic E-state index is 12.0. The Morgan fingerprint density at radius 3 is 2.74 bits per heavy atom. The molecule has 1 atom stereocenters. The van der Waals surface area contributed by atoms with Crippen LogP contribution in [0.5, 0.6) is 0 Å². The number of fused-ring (bicyclic) bond motifs is 1. The second kappa shape index (κ2) is 6.38. The average molecular weight is 330 g/mol. The van der Waals surface area contributed by atoms with Gasteiger partial charge in [0.25, 0.3) is 0 Å². The average Bonchev–Trinajstić information content (AvgIpc) is 2.99. The molecule has 0 N–H and O–H groups in total. The van der Waals surface area contributed by atoms with E-state index in [0.717, 1.165) is 5.56 Å². The molecule has 0 bridgehead atoms. The van der Waals surface area contributed by atoms with Gasteiger partial charge in [0.05, 0.1) is 30.0 Å². The van der Waals surface area contributed by atoms with Gasteiger partial charge in [0, 0.05) is 12.4 Å². The Morgan fingerprint density at radius 1 is 1.35 bits per heavy atom. The molecule has 23 heavy (non-hydrogen) atoms. The van der Waals surface area contributed by atoms with Crippen molar-refractivity contribution in [3.05, 3.63) is 59.7 Å². The summed E-state index contributed by atoms with van der Waals surface area (Å²) >= 11 is 5.85. The molecule has 5 nitrogen and oxygen atoms in total. The highest BCUT2D eigenvalue weighted by molar-refractivity contribution is 6.16. The lowest BCUT2D eigenvalue weighted by Gasteiger charge is -2.15. The lowest BCUT2D eigenvalue weighted by atomic mass is 10.1. The molecule has 0 fully saturated rings. The number of benzene rings is 1. The molecule has 118 valence electrons. The van der Waals surface area contributed by atoms with Gasteiger partial charge in [-0.3, -0.25) is 0 Å². The molecule has 0 saturated heterocycles. The lowest BCUT2D eigenvalue weighted by molar-refractivity contribution is 0.0602. The van der Waals surface area contributed by atoms with E-state index in [-0.39, 0.29) is 11.9 Å². The second-order valence-corrected chi connectivity index (χ2v) is 5.45. The Bertz CT molecular complexity index is 846. The first-order chi connectivity index (χ1) is 11.2. The molecular formula is C17H16ClN3O2. The summed E-state index contributed by atoms with van der Waals surface area (Å²) in [7, 11) is 1.36. The quantitative estimate of drug-likeness (QED) is 0.542. The summed E-state index contributed by atoms with van der Waals surface area (Å²) in [6, 6.07) is 10.0. The number of carbonyl (C=O) groups is 1. The number of carbonyl (C=O) groups excluding carboxylic acids is 1. The topological polar surface area (TPSA) is 57.0 Å². The summed E-state index contributed by atoms with van der Waals surface area (Å²) in [5.41, 5.74) is 2.24. The van der Waals surface area contributed by atoms with Crippen LogP contribution in [0.1, 0.15) is 34.7 Å². The number of methoxy groups -OCH3 is 1. The summed E-state index contributed by atoms with van der Waals surface area (Å²) in [5.74, 6) is 0.334. The van der Waals surface area contributed by atoms with Crippen molar-refractivity contribution in [1.82, 2.24) is 14.5 Å². The van der Waals surface area contributed by atoms with E-state index in [1.807, 2.05) is 34.9 Å². The van der Waals surface area contributed by atoms with E-state index < -0.39 is 5.97 Å². The summed E-state index contributed by atoms with van der Waals surface area (Å²) in [4.78, 5) is 20.7. The van der Waals surface area contributed by atoms with Crippen LogP contribution in [0, 0.1) is 0 Å². The number of rotatable bonds is 4. The number of alkyl halides is 1. The van der Waals surface area contributed by atoms with Gasteiger partial charge < -0.3 is 9.30 Å². The predicted octanol–water partition coefficient (Wildman–Crippen LogP) is 3.57. The van der Waals surface area contributed by atoms with Gasteiger partial charge in [-0.25, -0.2) is 14.8 Å². The summed E-state index contributed by atoms with van der Waals surface area (Å²) in [6.07, 6.45) is 3.39. The smallest absolute Gasteiger partial charge is 0.340 e. The van der Waals surface area contributed by atoms with Crippen LogP contribution in [0.15, 0.2) is 42.7 Å². The fourth-order valence-electron chi connectivity index (χ4n) is 2.59. The summed E-state index contributed by atoms with van der Waals surface area (Å²) in [6.45, 7) is 2.05.